The Kier molecular flexibility index (Phi) is 12.6. The minimum atomic E-state index is 0. The Morgan fingerprint density at radius 3 is 2.79 bits per heavy atom. The number of rotatable bonds is 10. The second kappa shape index (κ2) is 15.5. The van der Waals surface area contributed by atoms with Crippen LogP contribution in [-0.4, -0.2) is 47.9 Å². The highest BCUT2D eigenvalue weighted by Gasteiger charge is 2.15. The molecule has 0 aliphatic carbocycles. The molecular formula is C25H36IN5O2. The molecule has 33 heavy (non-hydrogen) atoms. The van der Waals surface area contributed by atoms with Crippen molar-refractivity contribution in [2.75, 3.05) is 26.2 Å². The van der Waals surface area contributed by atoms with Crippen LogP contribution >= 0.6 is 24.0 Å². The molecule has 1 aliphatic heterocycles. The van der Waals surface area contributed by atoms with Crippen molar-refractivity contribution < 1.29 is 9.53 Å². The van der Waals surface area contributed by atoms with Crippen LogP contribution in [0, 0.1) is 0 Å². The topological polar surface area (TPSA) is 78.9 Å². The summed E-state index contributed by atoms with van der Waals surface area (Å²) in [5.74, 6) is 1.67. The fraction of sp³-hybridized carbons (Fsp3) is 0.480. The summed E-state index contributed by atoms with van der Waals surface area (Å²) in [4.78, 5) is 23.1. The van der Waals surface area contributed by atoms with Gasteiger partial charge in [-0.15, -0.1) is 24.0 Å². The Labute approximate surface area is 214 Å². The zero-order valence-corrected chi connectivity index (χ0v) is 21.8. The van der Waals surface area contributed by atoms with Gasteiger partial charge in [-0.1, -0.05) is 36.8 Å². The Hall–Kier alpha value is -2.36. The lowest BCUT2D eigenvalue weighted by Crippen LogP contribution is -2.39. The molecule has 0 spiro atoms. The van der Waals surface area contributed by atoms with Gasteiger partial charge in [0, 0.05) is 44.9 Å². The van der Waals surface area contributed by atoms with E-state index in [-0.39, 0.29) is 24.0 Å². The number of carbonyl (C=O) groups is 1. The number of benzene rings is 1. The number of nitrogens with zero attached hydrogens (tertiary/aromatic N) is 3. The molecule has 1 fully saturated rings. The number of hydrogen-bond donors (Lipinski definition) is 2. The summed E-state index contributed by atoms with van der Waals surface area (Å²) >= 11 is 0. The van der Waals surface area contributed by atoms with Crippen LogP contribution < -0.4 is 15.4 Å². The third kappa shape index (κ3) is 9.98. The zero-order valence-electron chi connectivity index (χ0n) is 19.5. The second-order valence-electron chi connectivity index (χ2n) is 7.94. The number of ether oxygens (including phenoxy) is 1. The molecular weight excluding hydrogens is 529 g/mol. The standard InChI is InChI=1S/C25H35N5O2.HI/c1-2-26-25(28-14-9-17-30-16-8-4-7-12-24(30)31)29-19-22-13-15-27-23(18-22)32-20-21-10-5-3-6-11-21;/h3,5-6,10-11,13,15,18H,2,4,7-9,12,14,16-17,19-20H2,1H3,(H2,26,28,29);1H. The quantitative estimate of drug-likeness (QED) is 0.196. The number of carbonyl (C=O) groups excluding carboxylic acids is 1. The first kappa shape index (κ1) is 26.9. The van der Waals surface area contributed by atoms with Crippen LogP contribution in [0.5, 0.6) is 5.88 Å². The van der Waals surface area contributed by atoms with Gasteiger partial charge in [0.25, 0.3) is 0 Å². The summed E-state index contributed by atoms with van der Waals surface area (Å²) in [5.41, 5.74) is 2.15. The molecule has 2 aromatic rings. The minimum Gasteiger partial charge on any atom is -0.473 e. The van der Waals surface area contributed by atoms with E-state index in [9.17, 15) is 4.79 Å². The lowest BCUT2D eigenvalue weighted by Gasteiger charge is -2.20. The van der Waals surface area contributed by atoms with E-state index in [4.69, 9.17) is 4.74 Å². The summed E-state index contributed by atoms with van der Waals surface area (Å²) in [6, 6.07) is 13.9. The fourth-order valence-corrected chi connectivity index (χ4v) is 3.62. The Morgan fingerprint density at radius 1 is 1.12 bits per heavy atom. The number of halogens is 1. The van der Waals surface area contributed by atoms with Gasteiger partial charge in [-0.25, -0.2) is 9.98 Å². The van der Waals surface area contributed by atoms with E-state index >= 15 is 0 Å². The molecule has 8 heteroatoms. The first-order chi connectivity index (χ1) is 15.7. The number of likely N-dealkylation sites (tertiary alicyclic amines) is 1. The van der Waals surface area contributed by atoms with Crippen molar-refractivity contribution in [3.8, 4) is 5.88 Å². The van der Waals surface area contributed by atoms with Crippen molar-refractivity contribution in [2.24, 2.45) is 4.99 Å². The fourth-order valence-electron chi connectivity index (χ4n) is 3.62. The van der Waals surface area contributed by atoms with E-state index in [2.05, 4.69) is 27.5 Å². The van der Waals surface area contributed by atoms with Crippen LogP contribution in [0.4, 0.5) is 0 Å². The van der Waals surface area contributed by atoms with E-state index in [0.29, 0.717) is 31.4 Å². The van der Waals surface area contributed by atoms with E-state index < -0.39 is 0 Å². The molecule has 180 valence electrons. The molecule has 1 saturated heterocycles. The van der Waals surface area contributed by atoms with Crippen molar-refractivity contribution in [1.29, 1.82) is 0 Å². The van der Waals surface area contributed by atoms with Crippen molar-refractivity contribution in [2.45, 2.75) is 52.2 Å². The van der Waals surface area contributed by atoms with E-state index in [1.165, 1.54) is 0 Å². The molecule has 1 aromatic carbocycles. The number of pyridine rings is 1. The van der Waals surface area contributed by atoms with Crippen LogP contribution in [0.1, 0.15) is 50.2 Å². The largest absolute Gasteiger partial charge is 0.473 e. The van der Waals surface area contributed by atoms with Crippen LogP contribution in [-0.2, 0) is 17.9 Å². The van der Waals surface area contributed by atoms with Crippen molar-refractivity contribution in [1.82, 2.24) is 20.5 Å². The third-order valence-corrected chi connectivity index (χ3v) is 5.36. The van der Waals surface area contributed by atoms with Crippen molar-refractivity contribution in [3.63, 3.8) is 0 Å². The zero-order chi connectivity index (χ0) is 22.4. The SMILES string of the molecule is CCNC(=NCc1ccnc(OCc2ccccc2)c1)NCCCN1CCCCCC1=O.I. The van der Waals surface area contributed by atoms with Gasteiger partial charge in [0.05, 0.1) is 6.54 Å². The molecule has 2 N–H and O–H groups in total. The molecule has 1 aromatic heterocycles. The highest BCUT2D eigenvalue weighted by atomic mass is 127. The van der Waals surface area contributed by atoms with Crippen LogP contribution in [0.25, 0.3) is 0 Å². The van der Waals surface area contributed by atoms with Gasteiger partial charge < -0.3 is 20.3 Å². The van der Waals surface area contributed by atoms with Gasteiger partial charge in [-0.05, 0) is 43.4 Å². The highest BCUT2D eigenvalue weighted by molar-refractivity contribution is 14.0. The molecule has 0 atom stereocenters. The molecule has 7 nitrogen and oxygen atoms in total. The normalized spacial score (nSPS) is 14.3. The summed E-state index contributed by atoms with van der Waals surface area (Å²) in [6.07, 6.45) is 6.66. The average Bonchev–Trinajstić information content (AvgIpc) is 3.03. The lowest BCUT2D eigenvalue weighted by atomic mass is 10.2. The van der Waals surface area contributed by atoms with Gasteiger partial charge in [0.15, 0.2) is 5.96 Å². The second-order valence-corrected chi connectivity index (χ2v) is 7.94. The molecule has 3 rings (SSSR count). The van der Waals surface area contributed by atoms with E-state index in [0.717, 1.165) is 68.9 Å². The molecule has 0 bridgehead atoms. The van der Waals surface area contributed by atoms with Crippen LogP contribution in [0.2, 0.25) is 0 Å². The molecule has 0 radical (unpaired) electrons. The van der Waals surface area contributed by atoms with Gasteiger partial charge in [0.1, 0.15) is 6.61 Å². The van der Waals surface area contributed by atoms with Gasteiger partial charge in [0.2, 0.25) is 11.8 Å². The number of amides is 1. The molecule has 2 heterocycles. The van der Waals surface area contributed by atoms with Gasteiger partial charge in [-0.2, -0.15) is 0 Å². The predicted octanol–water partition coefficient (Wildman–Crippen LogP) is 4.13. The number of nitrogens with one attached hydrogen (secondary N) is 2. The maximum Gasteiger partial charge on any atom is 0.222 e. The Balaban J connectivity index is 0.00000385. The summed E-state index contributed by atoms with van der Waals surface area (Å²) in [5, 5.41) is 6.66. The van der Waals surface area contributed by atoms with Crippen LogP contribution in [0.3, 0.4) is 0 Å². The minimum absolute atomic E-state index is 0. The molecule has 0 unspecified atom stereocenters. The maximum atomic E-state index is 12.1. The van der Waals surface area contributed by atoms with Crippen molar-refractivity contribution in [3.05, 3.63) is 59.8 Å². The smallest absolute Gasteiger partial charge is 0.222 e. The number of aliphatic imine (C=N–C) groups is 1. The number of aromatic nitrogens is 1. The average molecular weight is 566 g/mol. The first-order valence-electron chi connectivity index (χ1n) is 11.7. The van der Waals surface area contributed by atoms with Crippen LogP contribution in [0.15, 0.2) is 53.7 Å². The summed E-state index contributed by atoms with van der Waals surface area (Å²) in [6.45, 7) is 6.33. The van der Waals surface area contributed by atoms with Crippen molar-refractivity contribution >= 4 is 35.8 Å². The molecule has 0 saturated carbocycles. The predicted molar refractivity (Wildman–Crippen MR) is 143 cm³/mol. The monoisotopic (exact) mass is 565 g/mol. The number of guanidine groups is 1. The van der Waals surface area contributed by atoms with Gasteiger partial charge in [-0.3, -0.25) is 4.79 Å². The lowest BCUT2D eigenvalue weighted by molar-refractivity contribution is -0.130. The Morgan fingerprint density at radius 2 is 1.97 bits per heavy atom. The van der Waals surface area contributed by atoms with Gasteiger partial charge >= 0.3 is 0 Å². The highest BCUT2D eigenvalue weighted by Crippen LogP contribution is 2.13. The summed E-state index contributed by atoms with van der Waals surface area (Å²) < 4.78 is 5.82. The molecule has 1 amide bonds. The van der Waals surface area contributed by atoms with E-state index in [1.54, 1.807) is 6.20 Å². The van der Waals surface area contributed by atoms with E-state index in [1.807, 2.05) is 47.4 Å². The maximum absolute atomic E-state index is 12.1. The molecule has 1 aliphatic rings. The summed E-state index contributed by atoms with van der Waals surface area (Å²) in [7, 11) is 0. The Bertz CT molecular complexity index is 863. The third-order valence-electron chi connectivity index (χ3n) is 5.36. The first-order valence-corrected chi connectivity index (χ1v) is 11.7. The number of hydrogen-bond acceptors (Lipinski definition) is 4.